The number of hydrogen-bond donors (Lipinski definition) is 1. The third-order valence-electron chi connectivity index (χ3n) is 4.67. The molecule has 0 aromatic heterocycles. The van der Waals surface area contributed by atoms with E-state index in [9.17, 15) is 4.79 Å². The quantitative estimate of drug-likeness (QED) is 0.882. The van der Waals surface area contributed by atoms with Crippen molar-refractivity contribution in [1.29, 1.82) is 0 Å². The molecule has 0 saturated heterocycles. The second kappa shape index (κ2) is 4.66. The number of hydrogen-bond acceptors (Lipinski definition) is 1. The summed E-state index contributed by atoms with van der Waals surface area (Å²) in [6.07, 6.45) is 4.51. The standard InChI is InChI=1S/C17H23NO/c1-17(2)9-8-13(11-17)18-16(19)15-10-14(15)12-6-4-3-5-7-12/h3-7,13-15H,8-11H2,1-2H3,(H,18,19). The largest absolute Gasteiger partial charge is 0.353 e. The number of benzene rings is 1. The minimum absolute atomic E-state index is 0.214. The van der Waals surface area contributed by atoms with Crippen molar-refractivity contribution in [2.75, 3.05) is 0 Å². The van der Waals surface area contributed by atoms with Crippen LogP contribution in [-0.2, 0) is 4.79 Å². The SMILES string of the molecule is CC1(C)CCC(NC(=O)C2CC2c2ccccc2)C1. The lowest BCUT2D eigenvalue weighted by molar-refractivity contribution is -0.123. The van der Waals surface area contributed by atoms with Crippen molar-refractivity contribution in [3.63, 3.8) is 0 Å². The molecule has 3 atom stereocenters. The summed E-state index contributed by atoms with van der Waals surface area (Å²) in [5.74, 6) is 0.943. The van der Waals surface area contributed by atoms with Crippen LogP contribution in [0.1, 0.15) is 51.0 Å². The summed E-state index contributed by atoms with van der Waals surface area (Å²) in [4.78, 5) is 12.2. The molecule has 3 unspecified atom stereocenters. The average molecular weight is 257 g/mol. The van der Waals surface area contributed by atoms with Crippen molar-refractivity contribution in [1.82, 2.24) is 5.32 Å². The lowest BCUT2D eigenvalue weighted by atomic mass is 9.92. The van der Waals surface area contributed by atoms with Crippen LogP contribution < -0.4 is 5.32 Å². The molecule has 0 heterocycles. The summed E-state index contributed by atoms with van der Waals surface area (Å²) in [6.45, 7) is 4.59. The second-order valence-corrected chi connectivity index (χ2v) is 6.97. The van der Waals surface area contributed by atoms with Crippen LogP contribution in [-0.4, -0.2) is 11.9 Å². The van der Waals surface area contributed by atoms with Gasteiger partial charge in [0.15, 0.2) is 0 Å². The fourth-order valence-electron chi connectivity index (χ4n) is 3.42. The predicted molar refractivity (Wildman–Crippen MR) is 76.9 cm³/mol. The van der Waals surface area contributed by atoms with E-state index in [0.717, 1.165) is 19.3 Å². The van der Waals surface area contributed by atoms with Crippen LogP contribution in [0.5, 0.6) is 0 Å². The summed E-state index contributed by atoms with van der Waals surface area (Å²) in [5, 5.41) is 3.26. The summed E-state index contributed by atoms with van der Waals surface area (Å²) in [5.41, 5.74) is 1.72. The molecule has 2 aliphatic rings. The molecule has 2 fully saturated rings. The predicted octanol–water partition coefficient (Wildman–Crippen LogP) is 3.49. The molecular weight excluding hydrogens is 234 g/mol. The highest BCUT2D eigenvalue weighted by atomic mass is 16.2. The molecule has 2 saturated carbocycles. The smallest absolute Gasteiger partial charge is 0.223 e. The Morgan fingerprint density at radius 1 is 1.26 bits per heavy atom. The topological polar surface area (TPSA) is 29.1 Å². The number of amides is 1. The van der Waals surface area contributed by atoms with E-state index in [1.807, 2.05) is 6.07 Å². The number of rotatable bonds is 3. The fourth-order valence-corrected chi connectivity index (χ4v) is 3.42. The Morgan fingerprint density at radius 2 is 2.00 bits per heavy atom. The van der Waals surface area contributed by atoms with E-state index in [1.165, 1.54) is 12.0 Å². The van der Waals surface area contributed by atoms with Crippen LogP contribution in [0.3, 0.4) is 0 Å². The van der Waals surface area contributed by atoms with Crippen LogP contribution in [0.4, 0.5) is 0 Å². The van der Waals surface area contributed by atoms with Crippen LogP contribution in [0.2, 0.25) is 0 Å². The van der Waals surface area contributed by atoms with Gasteiger partial charge in [-0.25, -0.2) is 0 Å². The maximum Gasteiger partial charge on any atom is 0.223 e. The highest BCUT2D eigenvalue weighted by molar-refractivity contribution is 5.83. The molecule has 0 radical (unpaired) electrons. The molecule has 1 amide bonds. The molecule has 1 aromatic carbocycles. The van der Waals surface area contributed by atoms with Gasteiger partial charge < -0.3 is 5.32 Å². The van der Waals surface area contributed by atoms with Crippen molar-refractivity contribution in [2.45, 2.75) is 51.5 Å². The van der Waals surface area contributed by atoms with Crippen LogP contribution in [0.15, 0.2) is 30.3 Å². The normalized spacial score (nSPS) is 32.0. The number of carbonyl (C=O) groups excluding carboxylic acids is 1. The zero-order chi connectivity index (χ0) is 13.5. The Labute approximate surface area is 115 Å². The molecule has 3 rings (SSSR count). The number of nitrogens with one attached hydrogen (secondary N) is 1. The molecule has 0 spiro atoms. The Bertz CT molecular complexity index is 465. The van der Waals surface area contributed by atoms with Crippen LogP contribution in [0.25, 0.3) is 0 Å². The molecule has 19 heavy (non-hydrogen) atoms. The lowest BCUT2D eigenvalue weighted by Crippen LogP contribution is -2.34. The first-order chi connectivity index (χ1) is 9.05. The molecule has 0 bridgehead atoms. The Hall–Kier alpha value is -1.31. The molecule has 2 aliphatic carbocycles. The van der Waals surface area contributed by atoms with E-state index in [4.69, 9.17) is 0 Å². The monoisotopic (exact) mass is 257 g/mol. The second-order valence-electron chi connectivity index (χ2n) is 6.97. The minimum atomic E-state index is 0.214. The van der Waals surface area contributed by atoms with Gasteiger partial charge in [-0.3, -0.25) is 4.79 Å². The van der Waals surface area contributed by atoms with E-state index < -0.39 is 0 Å². The zero-order valence-corrected chi connectivity index (χ0v) is 11.9. The molecule has 1 aromatic rings. The molecule has 2 heteroatoms. The van der Waals surface area contributed by atoms with Gasteiger partial charge >= 0.3 is 0 Å². The summed E-state index contributed by atoms with van der Waals surface area (Å²) < 4.78 is 0. The maximum absolute atomic E-state index is 12.2. The van der Waals surface area contributed by atoms with Gasteiger partial charge in [-0.15, -0.1) is 0 Å². The van der Waals surface area contributed by atoms with Gasteiger partial charge in [-0.05, 0) is 42.6 Å². The van der Waals surface area contributed by atoms with Crippen LogP contribution >= 0.6 is 0 Å². The number of carbonyl (C=O) groups is 1. The van der Waals surface area contributed by atoms with Gasteiger partial charge in [0.25, 0.3) is 0 Å². The Morgan fingerprint density at radius 3 is 2.63 bits per heavy atom. The highest BCUT2D eigenvalue weighted by Crippen LogP contribution is 2.48. The fraction of sp³-hybridized carbons (Fsp3) is 0.588. The van der Waals surface area contributed by atoms with E-state index >= 15 is 0 Å². The van der Waals surface area contributed by atoms with Crippen molar-refractivity contribution >= 4 is 5.91 Å². The summed E-state index contributed by atoms with van der Waals surface area (Å²) in [7, 11) is 0. The van der Waals surface area contributed by atoms with Crippen molar-refractivity contribution in [3.8, 4) is 0 Å². The molecule has 1 N–H and O–H groups in total. The molecule has 0 aliphatic heterocycles. The Kier molecular flexibility index (Phi) is 3.12. The molecular formula is C17H23NO. The van der Waals surface area contributed by atoms with Crippen molar-refractivity contribution < 1.29 is 4.79 Å². The summed E-state index contributed by atoms with van der Waals surface area (Å²) >= 11 is 0. The van der Waals surface area contributed by atoms with Gasteiger partial charge in [0.1, 0.15) is 0 Å². The molecule has 102 valence electrons. The van der Waals surface area contributed by atoms with Gasteiger partial charge in [0.05, 0.1) is 0 Å². The molecule has 2 nitrogen and oxygen atoms in total. The third-order valence-corrected chi connectivity index (χ3v) is 4.67. The first-order valence-electron chi connectivity index (χ1n) is 7.40. The van der Waals surface area contributed by atoms with E-state index in [2.05, 4.69) is 43.4 Å². The van der Waals surface area contributed by atoms with Crippen LogP contribution in [0, 0.1) is 11.3 Å². The van der Waals surface area contributed by atoms with Crippen molar-refractivity contribution in [3.05, 3.63) is 35.9 Å². The van der Waals surface area contributed by atoms with Gasteiger partial charge in [-0.2, -0.15) is 0 Å². The van der Waals surface area contributed by atoms with Crippen molar-refractivity contribution in [2.24, 2.45) is 11.3 Å². The summed E-state index contributed by atoms with van der Waals surface area (Å²) in [6, 6.07) is 10.8. The first-order valence-corrected chi connectivity index (χ1v) is 7.40. The maximum atomic E-state index is 12.2. The zero-order valence-electron chi connectivity index (χ0n) is 11.9. The van der Waals surface area contributed by atoms with Gasteiger partial charge in [-0.1, -0.05) is 44.2 Å². The highest BCUT2D eigenvalue weighted by Gasteiger charge is 2.45. The minimum Gasteiger partial charge on any atom is -0.353 e. The van der Waals surface area contributed by atoms with E-state index in [-0.39, 0.29) is 11.8 Å². The van der Waals surface area contributed by atoms with Gasteiger partial charge in [0, 0.05) is 12.0 Å². The van der Waals surface area contributed by atoms with Gasteiger partial charge in [0.2, 0.25) is 5.91 Å². The third kappa shape index (κ3) is 2.83. The van der Waals surface area contributed by atoms with E-state index in [1.54, 1.807) is 0 Å². The average Bonchev–Trinajstić information content (AvgIpc) is 3.11. The lowest BCUT2D eigenvalue weighted by Gasteiger charge is -2.17. The first kappa shape index (κ1) is 12.7. The van der Waals surface area contributed by atoms with E-state index in [0.29, 0.717) is 17.4 Å². The Balaban J connectivity index is 1.53.